The van der Waals surface area contributed by atoms with Gasteiger partial charge in [0.2, 0.25) is 11.8 Å². The summed E-state index contributed by atoms with van der Waals surface area (Å²) in [7, 11) is 0. The summed E-state index contributed by atoms with van der Waals surface area (Å²) in [6.07, 6.45) is 5.28. The molecule has 4 heteroatoms. The molecule has 0 unspecified atom stereocenters. The van der Waals surface area contributed by atoms with Crippen molar-refractivity contribution >= 4 is 29.1 Å². The molecular weight excluding hydrogens is 250 g/mol. The largest absolute Gasteiger partial charge is 0.274 e. The van der Waals surface area contributed by atoms with E-state index in [1.54, 1.807) is 24.3 Å². The van der Waals surface area contributed by atoms with E-state index >= 15 is 0 Å². The highest BCUT2D eigenvalue weighted by Gasteiger charge is 2.47. The van der Waals surface area contributed by atoms with Gasteiger partial charge in [-0.05, 0) is 31.0 Å². The van der Waals surface area contributed by atoms with Crippen LogP contribution in [0, 0.1) is 11.8 Å². The zero-order valence-electron chi connectivity index (χ0n) is 9.67. The summed E-state index contributed by atoms with van der Waals surface area (Å²) >= 11 is 5.91. The highest BCUT2D eigenvalue weighted by molar-refractivity contribution is 6.31. The van der Waals surface area contributed by atoms with E-state index < -0.39 is 0 Å². The number of nitrogens with zero attached hydrogens (tertiary/aromatic N) is 1. The third-order valence-corrected chi connectivity index (χ3v) is 3.81. The van der Waals surface area contributed by atoms with E-state index in [0.717, 1.165) is 0 Å². The number of amides is 2. The highest BCUT2D eigenvalue weighted by atomic mass is 35.5. The van der Waals surface area contributed by atoms with Crippen molar-refractivity contribution in [1.29, 1.82) is 0 Å². The summed E-state index contributed by atoms with van der Waals surface area (Å²) in [5.41, 5.74) is 0.576. The Morgan fingerprint density at radius 1 is 1.06 bits per heavy atom. The lowest BCUT2D eigenvalue weighted by Gasteiger charge is -2.14. The Hall–Kier alpha value is -1.61. The summed E-state index contributed by atoms with van der Waals surface area (Å²) < 4.78 is 0. The lowest BCUT2D eigenvalue weighted by atomic mass is 9.85. The Bertz CT molecular complexity index is 526. The van der Waals surface area contributed by atoms with Crippen molar-refractivity contribution in [2.24, 2.45) is 11.8 Å². The predicted octanol–water partition coefficient (Wildman–Crippen LogP) is 2.80. The molecule has 1 fully saturated rings. The summed E-state index contributed by atoms with van der Waals surface area (Å²) in [6.45, 7) is 0. The lowest BCUT2D eigenvalue weighted by molar-refractivity contribution is -0.122. The Morgan fingerprint density at radius 2 is 1.67 bits per heavy atom. The Labute approximate surface area is 110 Å². The van der Waals surface area contributed by atoms with Gasteiger partial charge in [0, 0.05) is 5.02 Å². The number of hydrogen-bond donors (Lipinski definition) is 0. The molecule has 1 aliphatic carbocycles. The van der Waals surface area contributed by atoms with Gasteiger partial charge in [-0.3, -0.25) is 9.59 Å². The van der Waals surface area contributed by atoms with E-state index in [0.29, 0.717) is 23.6 Å². The minimum absolute atomic E-state index is 0.100. The van der Waals surface area contributed by atoms with Crippen LogP contribution in [0.1, 0.15) is 12.8 Å². The molecule has 3 nitrogen and oxygen atoms in total. The molecule has 1 aromatic rings. The molecule has 1 heterocycles. The van der Waals surface area contributed by atoms with Gasteiger partial charge in [-0.15, -0.1) is 0 Å². The summed E-state index contributed by atoms with van der Waals surface area (Å²) in [5.74, 6) is -0.587. The number of carbonyl (C=O) groups excluding carboxylic acids is 2. The molecule has 0 saturated carbocycles. The number of hydrogen-bond acceptors (Lipinski definition) is 2. The van der Waals surface area contributed by atoms with Gasteiger partial charge in [-0.2, -0.15) is 0 Å². The van der Waals surface area contributed by atoms with Crippen LogP contribution >= 0.6 is 11.6 Å². The smallest absolute Gasteiger partial charge is 0.238 e. The molecule has 18 heavy (non-hydrogen) atoms. The fourth-order valence-corrected chi connectivity index (χ4v) is 2.85. The molecule has 0 spiro atoms. The third kappa shape index (κ3) is 1.66. The molecule has 92 valence electrons. The van der Waals surface area contributed by atoms with Crippen LogP contribution in [0.5, 0.6) is 0 Å². The molecule has 2 atom stereocenters. The molecule has 0 radical (unpaired) electrons. The normalized spacial score (nSPS) is 26.6. The van der Waals surface area contributed by atoms with Crippen LogP contribution in [-0.4, -0.2) is 11.8 Å². The van der Waals surface area contributed by atoms with Gasteiger partial charge in [0.15, 0.2) is 0 Å². The fourth-order valence-electron chi connectivity index (χ4n) is 2.67. The number of allylic oxidation sites excluding steroid dienone is 2. The first kappa shape index (κ1) is 11.5. The van der Waals surface area contributed by atoms with Gasteiger partial charge in [-0.25, -0.2) is 4.90 Å². The van der Waals surface area contributed by atoms with Crippen molar-refractivity contribution < 1.29 is 9.59 Å². The average molecular weight is 262 g/mol. The van der Waals surface area contributed by atoms with Gasteiger partial charge in [0.05, 0.1) is 17.5 Å². The summed E-state index contributed by atoms with van der Waals surface area (Å²) in [6, 6.07) is 6.87. The Balaban J connectivity index is 1.99. The minimum atomic E-state index is -0.193. The monoisotopic (exact) mass is 261 g/mol. The van der Waals surface area contributed by atoms with E-state index in [2.05, 4.69) is 0 Å². The molecule has 1 aliphatic heterocycles. The first-order valence-corrected chi connectivity index (χ1v) is 6.34. The Morgan fingerprint density at radius 3 is 2.22 bits per heavy atom. The van der Waals surface area contributed by atoms with Crippen molar-refractivity contribution in [1.82, 2.24) is 0 Å². The lowest BCUT2D eigenvalue weighted by Crippen LogP contribution is -2.30. The molecule has 0 bridgehead atoms. The number of fused-ring (bicyclic) bond motifs is 1. The molecular formula is C14H12ClNO2. The minimum Gasteiger partial charge on any atom is -0.274 e. The number of halogens is 1. The molecule has 2 amide bonds. The van der Waals surface area contributed by atoms with Crippen LogP contribution in [-0.2, 0) is 9.59 Å². The zero-order chi connectivity index (χ0) is 12.7. The Kier molecular flexibility index (Phi) is 2.71. The number of anilines is 1. The molecule has 2 aliphatic rings. The van der Waals surface area contributed by atoms with Crippen molar-refractivity contribution in [3.63, 3.8) is 0 Å². The first-order chi connectivity index (χ1) is 8.68. The molecule has 3 rings (SSSR count). The van der Waals surface area contributed by atoms with Crippen LogP contribution in [0.15, 0.2) is 36.4 Å². The predicted molar refractivity (Wildman–Crippen MR) is 69.3 cm³/mol. The standard InChI is InChI=1S/C14H12ClNO2/c15-9-4-3-5-10(8-9)16-13(17)11-6-1-2-7-12(11)14(16)18/h1-5,8,11-12H,6-7H2/t11-,12+. The number of benzene rings is 1. The van der Waals surface area contributed by atoms with Gasteiger partial charge in [0.1, 0.15) is 0 Å². The van der Waals surface area contributed by atoms with Gasteiger partial charge < -0.3 is 0 Å². The van der Waals surface area contributed by atoms with Crippen LogP contribution < -0.4 is 4.90 Å². The summed E-state index contributed by atoms with van der Waals surface area (Å²) in [4.78, 5) is 25.9. The second-order valence-electron chi connectivity index (χ2n) is 4.65. The molecule has 0 N–H and O–H groups in total. The van der Waals surface area contributed by atoms with E-state index in [1.807, 2.05) is 12.2 Å². The van der Waals surface area contributed by atoms with Gasteiger partial charge in [0.25, 0.3) is 0 Å². The summed E-state index contributed by atoms with van der Waals surface area (Å²) in [5, 5.41) is 0.529. The second-order valence-corrected chi connectivity index (χ2v) is 5.08. The van der Waals surface area contributed by atoms with Crippen molar-refractivity contribution in [3.8, 4) is 0 Å². The maximum atomic E-state index is 12.3. The maximum Gasteiger partial charge on any atom is 0.238 e. The number of imide groups is 1. The molecule has 1 aromatic carbocycles. The van der Waals surface area contributed by atoms with Crippen molar-refractivity contribution in [3.05, 3.63) is 41.4 Å². The van der Waals surface area contributed by atoms with Crippen molar-refractivity contribution in [2.45, 2.75) is 12.8 Å². The van der Waals surface area contributed by atoms with E-state index in [-0.39, 0.29) is 23.7 Å². The van der Waals surface area contributed by atoms with E-state index in [4.69, 9.17) is 11.6 Å². The molecule has 0 aromatic heterocycles. The topological polar surface area (TPSA) is 37.4 Å². The van der Waals surface area contributed by atoms with Gasteiger partial charge >= 0.3 is 0 Å². The van der Waals surface area contributed by atoms with Crippen LogP contribution in [0.3, 0.4) is 0 Å². The fraction of sp³-hybridized carbons (Fsp3) is 0.286. The van der Waals surface area contributed by atoms with Crippen molar-refractivity contribution in [2.75, 3.05) is 4.90 Å². The van der Waals surface area contributed by atoms with E-state index in [9.17, 15) is 9.59 Å². The zero-order valence-corrected chi connectivity index (χ0v) is 10.4. The highest BCUT2D eigenvalue weighted by Crippen LogP contribution is 2.37. The number of carbonyl (C=O) groups is 2. The van der Waals surface area contributed by atoms with Crippen LogP contribution in [0.25, 0.3) is 0 Å². The molecule has 1 saturated heterocycles. The first-order valence-electron chi connectivity index (χ1n) is 5.97. The van der Waals surface area contributed by atoms with E-state index in [1.165, 1.54) is 4.90 Å². The quantitative estimate of drug-likeness (QED) is 0.576. The third-order valence-electron chi connectivity index (χ3n) is 3.57. The number of rotatable bonds is 1. The maximum absolute atomic E-state index is 12.3. The van der Waals surface area contributed by atoms with Crippen LogP contribution in [0.2, 0.25) is 5.02 Å². The second kappa shape index (κ2) is 4.25. The average Bonchev–Trinajstić information content (AvgIpc) is 2.63. The van der Waals surface area contributed by atoms with Gasteiger partial charge in [-0.1, -0.05) is 29.8 Å². The van der Waals surface area contributed by atoms with Crippen LogP contribution in [0.4, 0.5) is 5.69 Å². The SMILES string of the molecule is O=C1[C@H]2CC=CC[C@H]2C(=O)N1c1cccc(Cl)c1.